The molecular formula is C14H15N5OS. The number of rotatable bonds is 3. The molecule has 0 aliphatic heterocycles. The Kier molecular flexibility index (Phi) is 2.99. The molecule has 2 heterocycles. The topological polar surface area (TPSA) is 78.3 Å². The van der Waals surface area contributed by atoms with Crippen LogP contribution < -0.4 is 10.5 Å². The summed E-state index contributed by atoms with van der Waals surface area (Å²) in [4.78, 5) is 0.691. The second-order valence-electron chi connectivity index (χ2n) is 5.18. The first-order valence-electron chi connectivity index (χ1n) is 7.01. The number of hydrogen-bond acceptors (Lipinski definition) is 6. The molecule has 21 heavy (non-hydrogen) atoms. The maximum Gasteiger partial charge on any atom is 0.236 e. The van der Waals surface area contributed by atoms with E-state index >= 15 is 0 Å². The lowest BCUT2D eigenvalue weighted by Gasteiger charge is -2.16. The number of aryl methyl sites for hydroxylation is 2. The Bertz CT molecular complexity index is 794. The number of nitrogens with zero attached hydrogens (tertiary/aromatic N) is 4. The molecule has 0 saturated heterocycles. The van der Waals surface area contributed by atoms with Crippen LogP contribution in [0.4, 0.5) is 5.13 Å². The summed E-state index contributed by atoms with van der Waals surface area (Å²) in [5, 5.41) is 12.8. The Labute approximate surface area is 125 Å². The average molecular weight is 301 g/mol. The third kappa shape index (κ3) is 2.33. The summed E-state index contributed by atoms with van der Waals surface area (Å²) in [7, 11) is 0. The van der Waals surface area contributed by atoms with Crippen molar-refractivity contribution in [3.05, 3.63) is 35.2 Å². The van der Waals surface area contributed by atoms with Crippen molar-refractivity contribution in [1.82, 2.24) is 19.8 Å². The first-order chi connectivity index (χ1) is 10.3. The van der Waals surface area contributed by atoms with E-state index in [1.807, 2.05) is 6.07 Å². The first-order valence-corrected chi connectivity index (χ1v) is 7.82. The van der Waals surface area contributed by atoms with Gasteiger partial charge in [0.15, 0.2) is 5.82 Å². The Morgan fingerprint density at radius 2 is 2.05 bits per heavy atom. The first kappa shape index (κ1) is 12.6. The summed E-state index contributed by atoms with van der Waals surface area (Å²) in [6.07, 6.45) is 4.87. The number of anilines is 1. The van der Waals surface area contributed by atoms with Crippen LogP contribution in [0, 0.1) is 0 Å². The predicted octanol–water partition coefficient (Wildman–Crippen LogP) is 2.23. The van der Waals surface area contributed by atoms with Gasteiger partial charge in [-0.05, 0) is 48.9 Å². The van der Waals surface area contributed by atoms with Crippen molar-refractivity contribution in [3.8, 4) is 5.75 Å². The van der Waals surface area contributed by atoms with E-state index in [0.29, 0.717) is 22.5 Å². The number of fused-ring (bicyclic) bond motifs is 2. The fourth-order valence-corrected chi connectivity index (χ4v) is 3.33. The molecule has 1 aliphatic rings. The summed E-state index contributed by atoms with van der Waals surface area (Å²) in [6.45, 7) is 0.336. The third-order valence-electron chi connectivity index (χ3n) is 3.76. The molecule has 0 spiro atoms. The van der Waals surface area contributed by atoms with Gasteiger partial charge in [0, 0.05) is 0 Å². The van der Waals surface area contributed by atoms with Crippen molar-refractivity contribution < 1.29 is 4.74 Å². The number of benzene rings is 1. The minimum atomic E-state index is 0.336. The van der Waals surface area contributed by atoms with Crippen LogP contribution in [0.2, 0.25) is 0 Å². The van der Waals surface area contributed by atoms with Crippen molar-refractivity contribution in [2.45, 2.75) is 32.3 Å². The Balaban J connectivity index is 1.53. The van der Waals surface area contributed by atoms with E-state index in [2.05, 4.69) is 27.4 Å². The minimum Gasteiger partial charge on any atom is -0.486 e. The summed E-state index contributed by atoms with van der Waals surface area (Å²) >= 11 is 1.31. The van der Waals surface area contributed by atoms with E-state index in [1.165, 1.54) is 41.7 Å². The van der Waals surface area contributed by atoms with Crippen molar-refractivity contribution in [2.24, 2.45) is 0 Å². The molecule has 4 rings (SSSR count). The summed E-state index contributed by atoms with van der Waals surface area (Å²) < 4.78 is 7.47. The van der Waals surface area contributed by atoms with Crippen LogP contribution in [0.15, 0.2) is 18.2 Å². The second-order valence-corrected chi connectivity index (χ2v) is 6.16. The van der Waals surface area contributed by atoms with Crippen LogP contribution in [0.3, 0.4) is 0 Å². The van der Waals surface area contributed by atoms with E-state index in [4.69, 9.17) is 10.5 Å². The molecule has 0 unspecified atom stereocenters. The minimum absolute atomic E-state index is 0.336. The highest BCUT2D eigenvalue weighted by Gasteiger charge is 2.12. The highest BCUT2D eigenvalue weighted by molar-refractivity contribution is 7.20. The lowest BCUT2D eigenvalue weighted by molar-refractivity contribution is 0.292. The number of nitrogen functional groups attached to an aromatic ring is 1. The van der Waals surface area contributed by atoms with Crippen molar-refractivity contribution in [3.63, 3.8) is 0 Å². The maximum absolute atomic E-state index is 5.83. The second kappa shape index (κ2) is 5.00. The molecule has 108 valence electrons. The number of hydrogen-bond donors (Lipinski definition) is 1. The van der Waals surface area contributed by atoms with Gasteiger partial charge in [-0.2, -0.15) is 4.52 Å². The van der Waals surface area contributed by atoms with Crippen molar-refractivity contribution in [1.29, 1.82) is 0 Å². The lowest BCUT2D eigenvalue weighted by atomic mass is 9.92. The van der Waals surface area contributed by atoms with Gasteiger partial charge in [0.2, 0.25) is 10.1 Å². The molecule has 0 amide bonds. The molecule has 2 aromatic heterocycles. The van der Waals surface area contributed by atoms with Gasteiger partial charge in [0.05, 0.1) is 0 Å². The molecule has 6 nitrogen and oxygen atoms in total. The zero-order valence-electron chi connectivity index (χ0n) is 11.5. The van der Waals surface area contributed by atoms with Gasteiger partial charge in [-0.25, -0.2) is 0 Å². The Morgan fingerprint density at radius 3 is 2.95 bits per heavy atom. The fourth-order valence-electron chi connectivity index (χ4n) is 2.71. The van der Waals surface area contributed by atoms with Gasteiger partial charge in [-0.1, -0.05) is 17.4 Å². The largest absolute Gasteiger partial charge is 0.486 e. The molecule has 0 atom stereocenters. The van der Waals surface area contributed by atoms with E-state index in [1.54, 1.807) is 4.52 Å². The van der Waals surface area contributed by atoms with Crippen LogP contribution in [-0.4, -0.2) is 19.8 Å². The summed E-state index contributed by atoms with van der Waals surface area (Å²) in [6, 6.07) is 6.34. The van der Waals surface area contributed by atoms with E-state index in [-0.39, 0.29) is 0 Å². The normalized spacial score (nSPS) is 14.3. The van der Waals surface area contributed by atoms with Crippen LogP contribution >= 0.6 is 11.3 Å². The molecule has 1 aliphatic carbocycles. The van der Waals surface area contributed by atoms with Crippen molar-refractivity contribution >= 4 is 21.4 Å². The number of nitrogens with two attached hydrogens (primary N) is 1. The molecular weight excluding hydrogens is 286 g/mol. The SMILES string of the molecule is Nc1nn2c(COc3ccc4c(c3)CCCC4)nnc2s1. The van der Waals surface area contributed by atoms with Gasteiger partial charge >= 0.3 is 0 Å². The fraction of sp³-hybridized carbons (Fsp3) is 0.357. The van der Waals surface area contributed by atoms with Gasteiger partial charge < -0.3 is 10.5 Å². The van der Waals surface area contributed by atoms with Crippen LogP contribution in [0.1, 0.15) is 29.8 Å². The summed E-state index contributed by atoms with van der Waals surface area (Å²) in [5.74, 6) is 1.53. The van der Waals surface area contributed by atoms with Crippen LogP contribution in [0.5, 0.6) is 5.75 Å². The van der Waals surface area contributed by atoms with E-state index < -0.39 is 0 Å². The lowest BCUT2D eigenvalue weighted by Crippen LogP contribution is -2.05. The Morgan fingerprint density at radius 1 is 1.19 bits per heavy atom. The quantitative estimate of drug-likeness (QED) is 0.802. The Hall–Kier alpha value is -2.15. The maximum atomic E-state index is 5.83. The molecule has 1 aromatic carbocycles. The highest BCUT2D eigenvalue weighted by atomic mass is 32.1. The van der Waals surface area contributed by atoms with Crippen LogP contribution in [-0.2, 0) is 19.4 Å². The zero-order chi connectivity index (χ0) is 14.2. The van der Waals surface area contributed by atoms with Gasteiger partial charge in [-0.15, -0.1) is 15.3 Å². The number of ether oxygens (including phenoxy) is 1. The number of aromatic nitrogens is 4. The third-order valence-corrected chi connectivity index (χ3v) is 4.49. The average Bonchev–Trinajstić information content (AvgIpc) is 3.04. The smallest absolute Gasteiger partial charge is 0.236 e. The molecule has 7 heteroatoms. The van der Waals surface area contributed by atoms with Crippen LogP contribution in [0.25, 0.3) is 4.96 Å². The van der Waals surface area contributed by atoms with Crippen molar-refractivity contribution in [2.75, 3.05) is 5.73 Å². The van der Waals surface area contributed by atoms with Gasteiger partial charge in [0.1, 0.15) is 12.4 Å². The molecule has 3 aromatic rings. The van der Waals surface area contributed by atoms with E-state index in [0.717, 1.165) is 12.2 Å². The molecule has 0 bridgehead atoms. The molecule has 0 saturated carbocycles. The molecule has 0 fully saturated rings. The zero-order valence-corrected chi connectivity index (χ0v) is 12.3. The molecule has 2 N–H and O–H groups in total. The molecule has 0 radical (unpaired) electrons. The monoisotopic (exact) mass is 301 g/mol. The van der Waals surface area contributed by atoms with Gasteiger partial charge in [0.25, 0.3) is 0 Å². The van der Waals surface area contributed by atoms with Gasteiger partial charge in [-0.3, -0.25) is 0 Å². The standard InChI is InChI=1S/C14H15N5OS/c15-13-18-19-12(16-17-14(19)21-13)8-20-11-6-5-9-3-1-2-4-10(9)7-11/h5-7H,1-4,8H2,(H2,15,18). The summed E-state index contributed by atoms with van der Waals surface area (Å²) in [5.41, 5.74) is 8.52. The van der Waals surface area contributed by atoms with E-state index in [9.17, 15) is 0 Å². The highest BCUT2D eigenvalue weighted by Crippen LogP contribution is 2.26. The predicted molar refractivity (Wildman–Crippen MR) is 80.5 cm³/mol.